The monoisotopic (exact) mass is 389 g/mol. The van der Waals surface area contributed by atoms with Crippen molar-refractivity contribution in [2.24, 2.45) is 0 Å². The molecule has 0 fully saturated rings. The molecule has 0 saturated heterocycles. The van der Waals surface area contributed by atoms with Gasteiger partial charge in [-0.2, -0.15) is 0 Å². The van der Waals surface area contributed by atoms with Crippen molar-refractivity contribution < 1.29 is 20.1 Å². The van der Waals surface area contributed by atoms with Gasteiger partial charge in [0.1, 0.15) is 11.4 Å². The van der Waals surface area contributed by atoms with Crippen LogP contribution in [0.25, 0.3) is 16.7 Å². The summed E-state index contributed by atoms with van der Waals surface area (Å²) in [6.07, 6.45) is 2.19. The van der Waals surface area contributed by atoms with E-state index in [9.17, 15) is 19.8 Å². The van der Waals surface area contributed by atoms with Crippen LogP contribution in [0.1, 0.15) is 12.8 Å². The van der Waals surface area contributed by atoms with E-state index in [-0.39, 0.29) is 24.3 Å². The zero-order valence-corrected chi connectivity index (χ0v) is 15.2. The van der Waals surface area contributed by atoms with Gasteiger partial charge in [-0.05, 0) is 36.8 Å². The number of benzene rings is 1. The Labute approximate surface area is 158 Å². The van der Waals surface area contributed by atoms with Gasteiger partial charge in [-0.1, -0.05) is 11.8 Å². The molecule has 0 saturated carbocycles. The molecule has 1 aromatic carbocycles. The summed E-state index contributed by atoms with van der Waals surface area (Å²) in [4.78, 5) is 28.4. The van der Waals surface area contributed by atoms with Gasteiger partial charge < -0.3 is 19.9 Å². The van der Waals surface area contributed by atoms with E-state index < -0.39 is 5.97 Å². The third kappa shape index (κ3) is 4.15. The average molecular weight is 389 g/mol. The van der Waals surface area contributed by atoms with E-state index in [4.69, 9.17) is 5.11 Å². The summed E-state index contributed by atoms with van der Waals surface area (Å²) >= 11 is 1.30. The highest BCUT2D eigenvalue weighted by Gasteiger charge is 2.16. The third-order valence-corrected chi connectivity index (χ3v) is 5.00. The Balaban J connectivity index is 2.08. The number of carboxylic acids is 1. The van der Waals surface area contributed by atoms with Crippen molar-refractivity contribution in [2.75, 3.05) is 12.4 Å². The van der Waals surface area contributed by atoms with Crippen LogP contribution >= 0.6 is 11.8 Å². The standard InChI is InChI=1S/C18H19N3O5S/c22-10-9-20-8-7-14-16(20)19-18(27-11-1-2-15(24)25)21(17(14)26)12-3-5-13(23)6-4-12/h3-8,22-23H,1-2,9-11H2,(H,24,25). The van der Waals surface area contributed by atoms with Gasteiger partial charge in [0.25, 0.3) is 5.56 Å². The van der Waals surface area contributed by atoms with Crippen molar-refractivity contribution in [3.63, 3.8) is 0 Å². The summed E-state index contributed by atoms with van der Waals surface area (Å²) in [6, 6.07) is 7.88. The molecule has 2 aromatic heterocycles. The minimum atomic E-state index is -0.869. The maximum absolute atomic E-state index is 13.1. The number of aliphatic hydroxyl groups is 1. The first-order chi connectivity index (χ1) is 13.0. The second-order valence-electron chi connectivity index (χ2n) is 5.87. The average Bonchev–Trinajstić information content (AvgIpc) is 3.03. The van der Waals surface area contributed by atoms with Gasteiger partial charge in [0.05, 0.1) is 17.7 Å². The number of carbonyl (C=O) groups is 1. The number of hydrogen-bond acceptors (Lipinski definition) is 6. The molecule has 0 aliphatic heterocycles. The fourth-order valence-corrected chi connectivity index (χ4v) is 3.64. The molecule has 3 aromatic rings. The van der Waals surface area contributed by atoms with E-state index in [2.05, 4.69) is 4.98 Å². The number of aromatic hydroxyl groups is 1. The van der Waals surface area contributed by atoms with Crippen molar-refractivity contribution >= 4 is 28.8 Å². The third-order valence-electron chi connectivity index (χ3n) is 3.98. The fourth-order valence-electron chi connectivity index (χ4n) is 2.70. The lowest BCUT2D eigenvalue weighted by atomic mass is 10.3. The predicted molar refractivity (Wildman–Crippen MR) is 102 cm³/mol. The largest absolute Gasteiger partial charge is 0.508 e. The summed E-state index contributed by atoms with van der Waals surface area (Å²) in [6.45, 7) is 0.246. The zero-order chi connectivity index (χ0) is 19.4. The first-order valence-electron chi connectivity index (χ1n) is 8.38. The van der Waals surface area contributed by atoms with E-state index >= 15 is 0 Å². The molecule has 0 spiro atoms. The van der Waals surface area contributed by atoms with Crippen LogP contribution in [0.2, 0.25) is 0 Å². The molecule has 27 heavy (non-hydrogen) atoms. The Hall–Kier alpha value is -2.78. The Kier molecular flexibility index (Phi) is 5.82. The van der Waals surface area contributed by atoms with Gasteiger partial charge in [-0.3, -0.25) is 14.2 Å². The smallest absolute Gasteiger partial charge is 0.303 e. The molecule has 0 aliphatic carbocycles. The number of hydrogen-bond donors (Lipinski definition) is 3. The minimum Gasteiger partial charge on any atom is -0.508 e. The molecule has 8 nitrogen and oxygen atoms in total. The van der Waals surface area contributed by atoms with Crippen molar-refractivity contribution in [2.45, 2.75) is 24.5 Å². The summed E-state index contributed by atoms with van der Waals surface area (Å²) in [5.41, 5.74) is 0.774. The van der Waals surface area contributed by atoms with Crippen LogP contribution in [0.15, 0.2) is 46.5 Å². The lowest BCUT2D eigenvalue weighted by Gasteiger charge is -2.13. The number of rotatable bonds is 8. The van der Waals surface area contributed by atoms with Gasteiger partial charge in [0, 0.05) is 24.9 Å². The van der Waals surface area contributed by atoms with Gasteiger partial charge in [-0.15, -0.1) is 0 Å². The summed E-state index contributed by atoms with van der Waals surface area (Å²) in [5.74, 6) is -0.291. The highest BCUT2D eigenvalue weighted by atomic mass is 32.2. The number of aromatic nitrogens is 3. The summed E-state index contributed by atoms with van der Waals surface area (Å²) in [5, 5.41) is 28.4. The normalized spacial score (nSPS) is 11.1. The molecule has 9 heteroatoms. The second kappa shape index (κ2) is 8.28. The predicted octanol–water partition coefficient (Wildman–Crippen LogP) is 1.84. The molecule has 3 rings (SSSR count). The van der Waals surface area contributed by atoms with E-state index in [0.29, 0.717) is 40.6 Å². The quantitative estimate of drug-likeness (QED) is 0.306. The number of phenolic OH excluding ortho intramolecular Hbond substituents is 1. The Morgan fingerprint density at radius 1 is 1.19 bits per heavy atom. The molecule has 0 atom stereocenters. The summed E-state index contributed by atoms with van der Waals surface area (Å²) in [7, 11) is 0. The molecule has 0 unspecified atom stereocenters. The highest BCUT2D eigenvalue weighted by Crippen LogP contribution is 2.23. The number of aliphatic carboxylic acids is 1. The highest BCUT2D eigenvalue weighted by molar-refractivity contribution is 7.99. The fraction of sp³-hybridized carbons (Fsp3) is 0.278. The lowest BCUT2D eigenvalue weighted by molar-refractivity contribution is -0.137. The molecule has 0 radical (unpaired) electrons. The van der Waals surface area contributed by atoms with Crippen molar-refractivity contribution in [3.05, 3.63) is 46.9 Å². The van der Waals surface area contributed by atoms with Crippen molar-refractivity contribution in [1.29, 1.82) is 0 Å². The van der Waals surface area contributed by atoms with Crippen molar-refractivity contribution in [3.8, 4) is 11.4 Å². The maximum Gasteiger partial charge on any atom is 0.303 e. The molecule has 0 bridgehead atoms. The van der Waals surface area contributed by atoms with Gasteiger partial charge in [-0.25, -0.2) is 4.98 Å². The van der Waals surface area contributed by atoms with Crippen LogP contribution in [0.4, 0.5) is 0 Å². The topological polar surface area (TPSA) is 118 Å². The van der Waals surface area contributed by atoms with Crippen LogP contribution in [0.3, 0.4) is 0 Å². The number of fused-ring (bicyclic) bond motifs is 1. The SMILES string of the molecule is O=C(O)CCCSc1nc2c(ccn2CCO)c(=O)n1-c1ccc(O)cc1. The molecular formula is C18H19N3O5S. The van der Waals surface area contributed by atoms with E-state index in [1.807, 2.05) is 0 Å². The van der Waals surface area contributed by atoms with E-state index in [1.165, 1.54) is 28.5 Å². The van der Waals surface area contributed by atoms with Gasteiger partial charge in [0.2, 0.25) is 0 Å². The first kappa shape index (κ1) is 19.0. The number of nitrogens with zero attached hydrogens (tertiary/aromatic N) is 3. The van der Waals surface area contributed by atoms with E-state index in [0.717, 1.165) is 0 Å². The molecule has 142 valence electrons. The molecule has 0 aliphatic rings. The minimum absolute atomic E-state index is 0.0412. The lowest BCUT2D eigenvalue weighted by Crippen LogP contribution is -2.22. The number of phenols is 1. The summed E-state index contributed by atoms with van der Waals surface area (Å²) < 4.78 is 3.16. The first-order valence-corrected chi connectivity index (χ1v) is 9.36. The Morgan fingerprint density at radius 3 is 2.59 bits per heavy atom. The Morgan fingerprint density at radius 2 is 1.93 bits per heavy atom. The van der Waals surface area contributed by atoms with Crippen LogP contribution in [0, 0.1) is 0 Å². The second-order valence-corrected chi connectivity index (χ2v) is 6.93. The maximum atomic E-state index is 13.1. The number of aliphatic hydroxyl groups excluding tert-OH is 1. The van der Waals surface area contributed by atoms with E-state index in [1.54, 1.807) is 29.0 Å². The van der Waals surface area contributed by atoms with Crippen LogP contribution < -0.4 is 5.56 Å². The molecule has 2 heterocycles. The van der Waals surface area contributed by atoms with Crippen LogP contribution in [0.5, 0.6) is 5.75 Å². The molecule has 0 amide bonds. The van der Waals surface area contributed by atoms with Gasteiger partial charge >= 0.3 is 5.97 Å². The number of thioether (sulfide) groups is 1. The number of carboxylic acid groups (broad SMARTS) is 1. The van der Waals surface area contributed by atoms with Crippen molar-refractivity contribution in [1.82, 2.24) is 14.1 Å². The van der Waals surface area contributed by atoms with Gasteiger partial charge in [0.15, 0.2) is 5.16 Å². The molecule has 3 N–H and O–H groups in total. The van der Waals surface area contributed by atoms with Crippen LogP contribution in [-0.2, 0) is 11.3 Å². The zero-order valence-electron chi connectivity index (χ0n) is 14.4. The Bertz CT molecular complexity index is 1010. The molecular weight excluding hydrogens is 370 g/mol. The van der Waals surface area contributed by atoms with Crippen LogP contribution in [-0.4, -0.2) is 47.8 Å².